The van der Waals surface area contributed by atoms with Crippen LogP contribution < -0.4 is 5.32 Å². The molecule has 0 aliphatic carbocycles. The topological polar surface area (TPSA) is 236 Å². The molecule has 0 unspecified atom stereocenters. The lowest BCUT2D eigenvalue weighted by Gasteiger charge is -2.21. The van der Waals surface area contributed by atoms with Crippen molar-refractivity contribution < 1.29 is 46.0 Å². The van der Waals surface area contributed by atoms with Gasteiger partial charge in [-0.1, -0.05) is 5.16 Å². The summed E-state index contributed by atoms with van der Waals surface area (Å²) in [5, 5.41) is 27.8. The Morgan fingerprint density at radius 1 is 1.00 bits per heavy atom. The molecule has 19 heteroatoms. The summed E-state index contributed by atoms with van der Waals surface area (Å²) in [4.78, 5) is 50.8. The minimum absolute atomic E-state index is 0.0218. The third-order valence-electron chi connectivity index (χ3n) is 5.99. The number of hydrogen-bond acceptors (Lipinski definition) is 14. The van der Waals surface area contributed by atoms with Crippen molar-refractivity contribution in [3.8, 4) is 0 Å². The van der Waals surface area contributed by atoms with Gasteiger partial charge in [-0.15, -0.1) is 0 Å². The molecule has 1 aliphatic heterocycles. The molecule has 1 N–H and O–H groups in total. The van der Waals surface area contributed by atoms with E-state index in [-0.39, 0.29) is 55.8 Å². The number of nitro groups is 2. The maximum atomic E-state index is 12.9. The van der Waals surface area contributed by atoms with Crippen molar-refractivity contribution >= 4 is 33.7 Å². The second kappa shape index (κ2) is 13.2. The number of carbonyl (C=O) groups excluding carboxylic acids is 2. The second-order valence-corrected chi connectivity index (χ2v) is 10.8. The molecule has 2 aromatic carbocycles. The normalized spacial score (nSPS) is 16.4. The number of likely N-dealkylation sites (tertiary alicyclic amines) is 1. The van der Waals surface area contributed by atoms with Crippen molar-refractivity contribution in [2.75, 3.05) is 12.8 Å². The summed E-state index contributed by atoms with van der Waals surface area (Å²) in [6.45, 7) is -0.772. The van der Waals surface area contributed by atoms with E-state index in [1.54, 1.807) is 0 Å². The Morgan fingerprint density at radius 3 is 2.09 bits per heavy atom. The lowest BCUT2D eigenvalue weighted by Crippen LogP contribution is -2.33. The number of benzene rings is 2. The summed E-state index contributed by atoms with van der Waals surface area (Å²) in [5.74, 6) is -0.0445. The number of ether oxygens (including phenoxy) is 2. The van der Waals surface area contributed by atoms with Crippen LogP contribution in [0.25, 0.3) is 0 Å². The van der Waals surface area contributed by atoms with Gasteiger partial charge in [-0.05, 0) is 35.4 Å². The van der Waals surface area contributed by atoms with Crippen LogP contribution in [0.3, 0.4) is 0 Å². The van der Waals surface area contributed by atoms with E-state index >= 15 is 0 Å². The lowest BCUT2D eigenvalue weighted by molar-refractivity contribution is -0.385. The summed E-state index contributed by atoms with van der Waals surface area (Å²) in [5.41, 5.74) is 0.768. The molecule has 2 amide bonds. The molecular formula is C24H24N6O12S. The summed E-state index contributed by atoms with van der Waals surface area (Å²) in [7, 11) is -3.86. The first kappa shape index (κ1) is 30.8. The van der Waals surface area contributed by atoms with Gasteiger partial charge in [0.05, 0.1) is 35.3 Å². The van der Waals surface area contributed by atoms with Gasteiger partial charge in [0.1, 0.15) is 19.3 Å². The predicted molar refractivity (Wildman–Crippen MR) is 141 cm³/mol. The Bertz CT molecular complexity index is 1590. The van der Waals surface area contributed by atoms with Crippen molar-refractivity contribution in [3.63, 3.8) is 0 Å². The van der Waals surface area contributed by atoms with Gasteiger partial charge >= 0.3 is 12.2 Å². The lowest BCUT2D eigenvalue weighted by atomic mass is 10.2. The molecule has 0 radical (unpaired) electrons. The zero-order valence-electron chi connectivity index (χ0n) is 22.4. The zero-order chi connectivity index (χ0) is 31.1. The van der Waals surface area contributed by atoms with Crippen LogP contribution in [0.15, 0.2) is 53.1 Å². The minimum Gasteiger partial charge on any atom is -0.445 e. The number of aromatic nitrogens is 2. The van der Waals surface area contributed by atoms with Crippen molar-refractivity contribution in [1.82, 2.24) is 20.4 Å². The largest absolute Gasteiger partial charge is 0.445 e. The fourth-order valence-corrected chi connectivity index (χ4v) is 4.67. The van der Waals surface area contributed by atoms with Gasteiger partial charge in [0.2, 0.25) is 5.89 Å². The minimum atomic E-state index is -3.86. The highest BCUT2D eigenvalue weighted by molar-refractivity contribution is 7.86. The second-order valence-electron chi connectivity index (χ2n) is 9.21. The van der Waals surface area contributed by atoms with Gasteiger partial charge in [-0.3, -0.25) is 29.3 Å². The zero-order valence-corrected chi connectivity index (χ0v) is 23.2. The predicted octanol–water partition coefficient (Wildman–Crippen LogP) is 2.74. The Labute approximate surface area is 242 Å². The Kier molecular flexibility index (Phi) is 9.46. The van der Waals surface area contributed by atoms with Crippen LogP contribution in [0, 0.1) is 20.2 Å². The standard InChI is InChI=1S/C24H24N6O12S/c1-43(37,38)42-19-10-20(28(12-19)24(32)40-14-16-4-8-18(9-5-16)30(35)36)22-26-21(27-41-22)11-25-23(31)39-13-15-2-6-17(7-3-15)29(33)34/h2-9,19-20H,10-14H2,1H3,(H,25,31)/t19-,20+/m1/s1. The molecule has 0 bridgehead atoms. The first-order valence-corrected chi connectivity index (χ1v) is 14.2. The van der Waals surface area contributed by atoms with Crippen LogP contribution in [0.1, 0.15) is 35.3 Å². The first-order chi connectivity index (χ1) is 20.4. The average molecular weight is 621 g/mol. The molecule has 18 nitrogen and oxygen atoms in total. The van der Waals surface area contributed by atoms with Crippen LogP contribution >= 0.6 is 0 Å². The smallest absolute Gasteiger partial charge is 0.410 e. The molecule has 4 rings (SSSR count). The quantitative estimate of drug-likeness (QED) is 0.184. The monoisotopic (exact) mass is 620 g/mol. The number of nitro benzene ring substituents is 2. The van der Waals surface area contributed by atoms with Crippen LogP contribution in [0.5, 0.6) is 0 Å². The van der Waals surface area contributed by atoms with E-state index in [1.165, 1.54) is 48.5 Å². The molecule has 43 heavy (non-hydrogen) atoms. The fourth-order valence-electron chi connectivity index (χ4n) is 4.03. The van der Waals surface area contributed by atoms with Gasteiger partial charge in [-0.25, -0.2) is 9.59 Å². The highest BCUT2D eigenvalue weighted by Crippen LogP contribution is 2.34. The van der Waals surface area contributed by atoms with Gasteiger partial charge in [0.25, 0.3) is 21.5 Å². The van der Waals surface area contributed by atoms with Crippen LogP contribution in [-0.4, -0.2) is 64.4 Å². The van der Waals surface area contributed by atoms with Crippen molar-refractivity contribution in [2.24, 2.45) is 0 Å². The SMILES string of the molecule is CS(=O)(=O)O[C@@H]1C[C@@H](c2nc(CNC(=O)OCc3ccc([N+](=O)[O-])cc3)no2)N(C(=O)OCc2ccc([N+](=O)[O-])cc2)C1. The number of nitrogens with one attached hydrogen (secondary N) is 1. The number of amides is 2. The molecule has 2 atom stereocenters. The summed E-state index contributed by atoms with van der Waals surface area (Å²) < 4.78 is 44.1. The molecule has 1 fully saturated rings. The van der Waals surface area contributed by atoms with Gasteiger partial charge < -0.3 is 19.3 Å². The van der Waals surface area contributed by atoms with E-state index in [2.05, 4.69) is 15.5 Å². The summed E-state index contributed by atoms with van der Waals surface area (Å²) >= 11 is 0. The maximum absolute atomic E-state index is 12.9. The van der Waals surface area contributed by atoms with Gasteiger partial charge in [-0.2, -0.15) is 13.4 Å². The highest BCUT2D eigenvalue weighted by atomic mass is 32.2. The van der Waals surface area contributed by atoms with E-state index in [9.17, 15) is 38.2 Å². The Morgan fingerprint density at radius 2 is 1.56 bits per heavy atom. The molecule has 2 heterocycles. The Balaban J connectivity index is 1.35. The van der Waals surface area contributed by atoms with E-state index < -0.39 is 44.3 Å². The molecule has 1 aliphatic rings. The summed E-state index contributed by atoms with van der Waals surface area (Å²) in [6, 6.07) is 9.90. The van der Waals surface area contributed by atoms with E-state index in [0.29, 0.717) is 11.1 Å². The molecular weight excluding hydrogens is 596 g/mol. The fraction of sp³-hybridized carbons (Fsp3) is 0.333. The highest BCUT2D eigenvalue weighted by Gasteiger charge is 2.42. The average Bonchev–Trinajstić information content (AvgIpc) is 3.60. The molecule has 3 aromatic rings. The van der Waals surface area contributed by atoms with E-state index in [1.807, 2.05) is 0 Å². The first-order valence-electron chi connectivity index (χ1n) is 12.4. The molecule has 0 saturated carbocycles. The number of alkyl carbamates (subject to hydrolysis) is 1. The maximum Gasteiger partial charge on any atom is 0.410 e. The van der Waals surface area contributed by atoms with Gasteiger partial charge in [0, 0.05) is 30.7 Å². The van der Waals surface area contributed by atoms with Crippen LogP contribution in [0.2, 0.25) is 0 Å². The van der Waals surface area contributed by atoms with E-state index in [0.717, 1.165) is 11.2 Å². The number of nitrogens with zero attached hydrogens (tertiary/aromatic N) is 5. The molecule has 0 spiro atoms. The molecule has 1 saturated heterocycles. The van der Waals surface area contributed by atoms with Crippen molar-refractivity contribution in [1.29, 1.82) is 0 Å². The number of rotatable bonds is 11. The number of hydrogen-bond donors (Lipinski definition) is 1. The van der Waals surface area contributed by atoms with Crippen LogP contribution in [-0.2, 0) is 43.5 Å². The molecule has 1 aromatic heterocycles. The number of non-ortho nitro benzene ring substituents is 2. The number of carbonyl (C=O) groups is 2. The molecule has 228 valence electrons. The van der Waals surface area contributed by atoms with Crippen molar-refractivity contribution in [2.45, 2.75) is 38.3 Å². The van der Waals surface area contributed by atoms with E-state index in [4.69, 9.17) is 18.2 Å². The third-order valence-corrected chi connectivity index (χ3v) is 6.62. The van der Waals surface area contributed by atoms with Gasteiger partial charge in [0.15, 0.2) is 5.82 Å². The van der Waals surface area contributed by atoms with Crippen molar-refractivity contribution in [3.05, 3.63) is 91.6 Å². The Hall–Kier alpha value is -5.17. The third kappa shape index (κ3) is 8.66. The summed E-state index contributed by atoms with van der Waals surface area (Å²) in [6.07, 6.45) is -1.77. The van der Waals surface area contributed by atoms with Crippen LogP contribution in [0.4, 0.5) is 21.0 Å².